The first-order chi connectivity index (χ1) is 8.93. The summed E-state index contributed by atoms with van der Waals surface area (Å²) in [6.45, 7) is 8.19. The van der Waals surface area contributed by atoms with Crippen molar-refractivity contribution in [3.63, 3.8) is 0 Å². The molecule has 0 radical (unpaired) electrons. The quantitative estimate of drug-likeness (QED) is 0.768. The van der Waals surface area contributed by atoms with Gasteiger partial charge in [0.1, 0.15) is 0 Å². The first-order valence-electron chi connectivity index (χ1n) is 6.15. The molecule has 0 bridgehead atoms. The summed E-state index contributed by atoms with van der Waals surface area (Å²) in [6, 6.07) is 3.17. The lowest BCUT2D eigenvalue weighted by atomic mass is 10.3. The molecule has 0 atom stereocenters. The molecule has 1 N–H and O–H groups in total. The summed E-state index contributed by atoms with van der Waals surface area (Å²) in [6.07, 6.45) is 3.16. The van der Waals surface area contributed by atoms with E-state index < -0.39 is 10.0 Å². The molecule has 1 aromatic heterocycles. The minimum Gasteiger partial charge on any atom is -0.316 e. The van der Waals surface area contributed by atoms with Crippen molar-refractivity contribution in [2.75, 3.05) is 13.6 Å². The molecule has 0 aliphatic rings. The van der Waals surface area contributed by atoms with Gasteiger partial charge in [-0.3, -0.25) is 0 Å². The van der Waals surface area contributed by atoms with Crippen LogP contribution in [0, 0.1) is 0 Å². The number of nitrogens with one attached hydrogen (secondary N) is 1. The van der Waals surface area contributed by atoms with Gasteiger partial charge < -0.3 is 5.32 Å². The fraction of sp³-hybridized carbons (Fsp3) is 0.462. The monoisotopic (exact) mass is 283 g/mol. The van der Waals surface area contributed by atoms with Crippen molar-refractivity contribution in [2.24, 2.45) is 0 Å². The lowest BCUT2D eigenvalue weighted by Gasteiger charge is -2.23. The molecule has 0 aliphatic heterocycles. The zero-order valence-electron chi connectivity index (χ0n) is 11.6. The van der Waals surface area contributed by atoms with Gasteiger partial charge in [0.05, 0.1) is 0 Å². The van der Waals surface area contributed by atoms with Gasteiger partial charge >= 0.3 is 0 Å². The summed E-state index contributed by atoms with van der Waals surface area (Å²) in [7, 11) is -1.74. The molecule has 0 spiro atoms. The highest BCUT2D eigenvalue weighted by Crippen LogP contribution is 2.16. The van der Waals surface area contributed by atoms with Crippen LogP contribution in [0.1, 0.15) is 19.4 Å². The van der Waals surface area contributed by atoms with Gasteiger partial charge in [0.15, 0.2) is 5.03 Å². The van der Waals surface area contributed by atoms with Crippen LogP contribution in [0.2, 0.25) is 0 Å². The first-order valence-corrected chi connectivity index (χ1v) is 7.59. The van der Waals surface area contributed by atoms with Crippen molar-refractivity contribution < 1.29 is 8.42 Å². The number of hydrogen-bond donors (Lipinski definition) is 1. The predicted molar refractivity (Wildman–Crippen MR) is 76.2 cm³/mol. The Labute approximate surface area is 115 Å². The summed E-state index contributed by atoms with van der Waals surface area (Å²) in [4.78, 5) is 4.05. The molecule has 106 valence electrons. The number of hydrogen-bond acceptors (Lipinski definition) is 4. The topological polar surface area (TPSA) is 62.3 Å². The number of aromatic nitrogens is 1. The van der Waals surface area contributed by atoms with Gasteiger partial charge in [0, 0.05) is 25.3 Å². The molecule has 0 unspecified atom stereocenters. The van der Waals surface area contributed by atoms with Gasteiger partial charge in [-0.2, -0.15) is 4.31 Å². The van der Waals surface area contributed by atoms with E-state index in [2.05, 4.69) is 16.9 Å². The molecule has 0 saturated heterocycles. The van der Waals surface area contributed by atoms with Gasteiger partial charge in [-0.05, 0) is 32.5 Å². The minimum absolute atomic E-state index is 0.0721. The molecule has 0 aliphatic carbocycles. The summed E-state index contributed by atoms with van der Waals surface area (Å²) >= 11 is 0. The summed E-state index contributed by atoms with van der Waals surface area (Å²) in [5, 5.41) is 3.06. The number of nitrogens with zero attached hydrogens (tertiary/aromatic N) is 2. The second-order valence-electron chi connectivity index (χ2n) is 4.49. The van der Waals surface area contributed by atoms with E-state index in [9.17, 15) is 8.42 Å². The maximum absolute atomic E-state index is 12.4. The van der Waals surface area contributed by atoms with Crippen LogP contribution in [0.5, 0.6) is 0 Å². The van der Waals surface area contributed by atoms with Crippen molar-refractivity contribution in [1.29, 1.82) is 0 Å². The first kappa shape index (κ1) is 15.8. The Morgan fingerprint density at radius 3 is 2.58 bits per heavy atom. The van der Waals surface area contributed by atoms with Crippen molar-refractivity contribution in [1.82, 2.24) is 14.6 Å². The van der Waals surface area contributed by atoms with Gasteiger partial charge in [-0.15, -0.1) is 6.58 Å². The molecule has 1 rings (SSSR count). The van der Waals surface area contributed by atoms with Crippen LogP contribution in [0.4, 0.5) is 0 Å². The average molecular weight is 283 g/mol. The number of sulfonamides is 1. The van der Waals surface area contributed by atoms with Crippen molar-refractivity contribution in [2.45, 2.75) is 31.5 Å². The van der Waals surface area contributed by atoms with E-state index in [4.69, 9.17) is 0 Å². The maximum atomic E-state index is 12.4. The zero-order valence-corrected chi connectivity index (χ0v) is 12.4. The molecule has 1 heterocycles. The van der Waals surface area contributed by atoms with Crippen molar-refractivity contribution in [3.8, 4) is 0 Å². The van der Waals surface area contributed by atoms with Crippen LogP contribution in [0.15, 0.2) is 36.0 Å². The normalized spacial score (nSPS) is 12.1. The molecule has 19 heavy (non-hydrogen) atoms. The molecular weight excluding hydrogens is 262 g/mol. The second kappa shape index (κ2) is 6.79. The van der Waals surface area contributed by atoms with E-state index in [0.29, 0.717) is 6.54 Å². The van der Waals surface area contributed by atoms with Gasteiger partial charge in [0.25, 0.3) is 10.0 Å². The van der Waals surface area contributed by atoms with Crippen LogP contribution < -0.4 is 5.32 Å². The highest BCUT2D eigenvalue weighted by molar-refractivity contribution is 7.89. The Balaban J connectivity index is 3.07. The van der Waals surface area contributed by atoms with Gasteiger partial charge in [0.2, 0.25) is 0 Å². The Kier molecular flexibility index (Phi) is 5.65. The molecule has 6 heteroatoms. The highest BCUT2D eigenvalue weighted by Gasteiger charge is 2.26. The average Bonchev–Trinajstić information content (AvgIpc) is 2.36. The zero-order chi connectivity index (χ0) is 14.5. The lowest BCUT2D eigenvalue weighted by Crippen LogP contribution is -2.37. The highest BCUT2D eigenvalue weighted by atomic mass is 32.2. The Bertz CT molecular complexity index is 509. The fourth-order valence-electron chi connectivity index (χ4n) is 1.71. The van der Waals surface area contributed by atoms with E-state index in [0.717, 1.165) is 5.56 Å². The summed E-state index contributed by atoms with van der Waals surface area (Å²) in [5.74, 6) is 0. The fourth-order valence-corrected chi connectivity index (χ4v) is 3.23. The molecular formula is C13H21N3O2S. The minimum atomic E-state index is -3.56. The standard InChI is InChI=1S/C13H21N3O2S/c1-5-8-16(11(2)3)19(17,18)13-7-6-12(9-14-4)10-15-13/h5-7,10-11,14H,1,8-9H2,2-4H3. The number of rotatable bonds is 7. The molecule has 0 fully saturated rings. The molecule has 5 nitrogen and oxygen atoms in total. The van der Waals surface area contributed by atoms with Gasteiger partial charge in [-0.25, -0.2) is 13.4 Å². The van der Waals surface area contributed by atoms with Crippen molar-refractivity contribution in [3.05, 3.63) is 36.5 Å². The van der Waals surface area contributed by atoms with Crippen LogP contribution in [-0.4, -0.2) is 37.3 Å². The van der Waals surface area contributed by atoms with E-state index in [1.165, 1.54) is 4.31 Å². The largest absolute Gasteiger partial charge is 0.316 e. The van der Waals surface area contributed by atoms with Crippen LogP contribution in [0.3, 0.4) is 0 Å². The van der Waals surface area contributed by atoms with E-state index in [1.54, 1.807) is 24.4 Å². The van der Waals surface area contributed by atoms with E-state index >= 15 is 0 Å². The third-order valence-electron chi connectivity index (χ3n) is 2.64. The second-order valence-corrected chi connectivity index (χ2v) is 6.33. The van der Waals surface area contributed by atoms with Crippen LogP contribution in [0.25, 0.3) is 0 Å². The van der Waals surface area contributed by atoms with Crippen LogP contribution in [-0.2, 0) is 16.6 Å². The molecule has 1 aromatic rings. The molecule has 0 aromatic carbocycles. The third-order valence-corrected chi connectivity index (χ3v) is 4.59. The molecule has 0 amide bonds. The van der Waals surface area contributed by atoms with Gasteiger partial charge in [-0.1, -0.05) is 12.1 Å². The SMILES string of the molecule is C=CCN(C(C)C)S(=O)(=O)c1ccc(CNC)cn1. The third kappa shape index (κ3) is 3.86. The Hall–Kier alpha value is -1.24. The maximum Gasteiger partial charge on any atom is 0.261 e. The lowest BCUT2D eigenvalue weighted by molar-refractivity contribution is 0.381. The van der Waals surface area contributed by atoms with E-state index in [1.807, 2.05) is 20.9 Å². The predicted octanol–water partition coefficient (Wildman–Crippen LogP) is 1.39. The van der Waals surface area contributed by atoms with E-state index in [-0.39, 0.29) is 17.6 Å². The Morgan fingerprint density at radius 2 is 2.16 bits per heavy atom. The Morgan fingerprint density at radius 1 is 1.47 bits per heavy atom. The van der Waals surface area contributed by atoms with Crippen molar-refractivity contribution >= 4 is 10.0 Å². The smallest absolute Gasteiger partial charge is 0.261 e. The number of pyridine rings is 1. The summed E-state index contributed by atoms with van der Waals surface area (Å²) in [5.41, 5.74) is 0.946. The van der Waals surface area contributed by atoms with Crippen LogP contribution >= 0.6 is 0 Å². The molecule has 0 saturated carbocycles. The summed E-state index contributed by atoms with van der Waals surface area (Å²) < 4.78 is 26.2.